The first kappa shape index (κ1) is 10.4. The van der Waals surface area contributed by atoms with E-state index in [2.05, 4.69) is 10.1 Å². The van der Waals surface area contributed by atoms with Gasteiger partial charge in [0.25, 0.3) is 0 Å². The summed E-state index contributed by atoms with van der Waals surface area (Å²) in [5.41, 5.74) is 1.01. The summed E-state index contributed by atoms with van der Waals surface area (Å²) in [5.74, 6) is 0. The van der Waals surface area contributed by atoms with E-state index >= 15 is 0 Å². The standard InChI is InChI=1S/C10H12ClN3O/c1-15-4-2-3-14-9-7-12-10(11)5-8(9)6-13-14/h5-7H,2-4H2,1H3. The summed E-state index contributed by atoms with van der Waals surface area (Å²) in [6, 6.07) is 1.82. The molecule has 0 fully saturated rings. The van der Waals surface area contributed by atoms with Crippen molar-refractivity contribution < 1.29 is 4.74 Å². The maximum absolute atomic E-state index is 5.79. The number of ether oxygens (including phenoxy) is 1. The summed E-state index contributed by atoms with van der Waals surface area (Å²) >= 11 is 5.79. The van der Waals surface area contributed by atoms with Gasteiger partial charge in [0.1, 0.15) is 5.15 Å². The fourth-order valence-corrected chi connectivity index (χ4v) is 1.65. The van der Waals surface area contributed by atoms with Crippen molar-refractivity contribution in [3.63, 3.8) is 0 Å². The second-order valence-electron chi connectivity index (χ2n) is 3.28. The van der Waals surface area contributed by atoms with E-state index in [0.29, 0.717) is 5.15 Å². The van der Waals surface area contributed by atoms with Crippen LogP contribution < -0.4 is 0 Å². The number of rotatable bonds is 4. The zero-order chi connectivity index (χ0) is 10.7. The number of aryl methyl sites for hydroxylation is 1. The van der Waals surface area contributed by atoms with E-state index in [1.165, 1.54) is 0 Å². The minimum atomic E-state index is 0.499. The van der Waals surface area contributed by atoms with Gasteiger partial charge in [0.05, 0.1) is 17.9 Å². The van der Waals surface area contributed by atoms with Crippen LogP contribution in [0.2, 0.25) is 5.15 Å². The van der Waals surface area contributed by atoms with Crippen LogP contribution in [0.25, 0.3) is 10.9 Å². The van der Waals surface area contributed by atoms with Gasteiger partial charge in [-0.1, -0.05) is 11.6 Å². The Balaban J connectivity index is 2.21. The van der Waals surface area contributed by atoms with Crippen LogP contribution in [0, 0.1) is 0 Å². The topological polar surface area (TPSA) is 39.9 Å². The first-order chi connectivity index (χ1) is 7.31. The lowest BCUT2D eigenvalue weighted by Crippen LogP contribution is -2.02. The van der Waals surface area contributed by atoms with E-state index < -0.39 is 0 Å². The lowest BCUT2D eigenvalue weighted by Gasteiger charge is -2.02. The Morgan fingerprint density at radius 2 is 2.33 bits per heavy atom. The monoisotopic (exact) mass is 225 g/mol. The van der Waals surface area contributed by atoms with Gasteiger partial charge in [-0.3, -0.25) is 4.68 Å². The first-order valence-corrected chi connectivity index (χ1v) is 5.15. The van der Waals surface area contributed by atoms with Crippen molar-refractivity contribution in [2.45, 2.75) is 13.0 Å². The van der Waals surface area contributed by atoms with Gasteiger partial charge in [-0.15, -0.1) is 0 Å². The molecular weight excluding hydrogens is 214 g/mol. The molecule has 0 aliphatic rings. The highest BCUT2D eigenvalue weighted by Gasteiger charge is 2.03. The van der Waals surface area contributed by atoms with Crippen molar-refractivity contribution in [2.75, 3.05) is 13.7 Å². The Hall–Kier alpha value is -1.13. The molecule has 0 unspecified atom stereocenters. The van der Waals surface area contributed by atoms with Gasteiger partial charge in [-0.25, -0.2) is 4.98 Å². The molecule has 5 heteroatoms. The fourth-order valence-electron chi connectivity index (χ4n) is 1.49. The molecular formula is C10H12ClN3O. The van der Waals surface area contributed by atoms with Gasteiger partial charge in [-0.05, 0) is 12.5 Å². The quantitative estimate of drug-likeness (QED) is 0.591. The molecule has 0 aliphatic heterocycles. The molecule has 4 nitrogen and oxygen atoms in total. The van der Waals surface area contributed by atoms with Crippen molar-refractivity contribution >= 4 is 22.5 Å². The van der Waals surface area contributed by atoms with Gasteiger partial charge in [-0.2, -0.15) is 5.10 Å². The van der Waals surface area contributed by atoms with Crippen molar-refractivity contribution in [3.8, 4) is 0 Å². The lowest BCUT2D eigenvalue weighted by molar-refractivity contribution is 0.189. The zero-order valence-corrected chi connectivity index (χ0v) is 9.24. The van der Waals surface area contributed by atoms with E-state index in [0.717, 1.165) is 30.5 Å². The first-order valence-electron chi connectivity index (χ1n) is 4.77. The molecule has 80 valence electrons. The molecule has 15 heavy (non-hydrogen) atoms. The van der Waals surface area contributed by atoms with E-state index in [9.17, 15) is 0 Å². The molecule has 0 atom stereocenters. The van der Waals surface area contributed by atoms with Crippen LogP contribution in [0.1, 0.15) is 6.42 Å². The highest BCUT2D eigenvalue weighted by molar-refractivity contribution is 6.30. The Kier molecular flexibility index (Phi) is 3.18. The lowest BCUT2D eigenvalue weighted by atomic mass is 10.3. The summed E-state index contributed by atoms with van der Waals surface area (Å²) < 4.78 is 6.91. The average Bonchev–Trinajstić information content (AvgIpc) is 2.61. The predicted octanol–water partition coefficient (Wildman–Crippen LogP) is 2.12. The van der Waals surface area contributed by atoms with Crippen LogP contribution in [0.15, 0.2) is 18.5 Å². The number of aromatic nitrogens is 3. The van der Waals surface area contributed by atoms with Crippen molar-refractivity contribution in [2.24, 2.45) is 0 Å². The Morgan fingerprint density at radius 3 is 3.13 bits per heavy atom. The Bertz CT molecular complexity index is 455. The summed E-state index contributed by atoms with van der Waals surface area (Å²) in [5, 5.41) is 5.79. The molecule has 0 aromatic carbocycles. The molecule has 2 heterocycles. The van der Waals surface area contributed by atoms with Crippen molar-refractivity contribution in [1.82, 2.24) is 14.8 Å². The Labute approximate surface area is 92.8 Å². The van der Waals surface area contributed by atoms with Gasteiger partial charge >= 0.3 is 0 Å². The summed E-state index contributed by atoms with van der Waals surface area (Å²) in [6.07, 6.45) is 4.49. The molecule has 0 radical (unpaired) electrons. The van der Waals surface area contributed by atoms with Crippen molar-refractivity contribution in [3.05, 3.63) is 23.6 Å². The zero-order valence-electron chi connectivity index (χ0n) is 8.48. The summed E-state index contributed by atoms with van der Waals surface area (Å²) in [4.78, 5) is 4.04. The molecule has 0 saturated heterocycles. The minimum absolute atomic E-state index is 0.499. The van der Waals surface area contributed by atoms with Crippen LogP contribution in [0.3, 0.4) is 0 Å². The third-order valence-electron chi connectivity index (χ3n) is 2.21. The number of nitrogens with zero attached hydrogens (tertiary/aromatic N) is 3. The van der Waals surface area contributed by atoms with E-state index in [1.807, 2.05) is 10.7 Å². The SMILES string of the molecule is COCCCn1ncc2cc(Cl)ncc21. The van der Waals surface area contributed by atoms with E-state index in [1.54, 1.807) is 19.5 Å². The number of fused-ring (bicyclic) bond motifs is 1. The highest BCUT2D eigenvalue weighted by Crippen LogP contribution is 2.16. The van der Waals surface area contributed by atoms with Gasteiger partial charge < -0.3 is 4.74 Å². The Morgan fingerprint density at radius 1 is 1.47 bits per heavy atom. The van der Waals surface area contributed by atoms with Crippen LogP contribution in [0.5, 0.6) is 0 Å². The normalized spacial score (nSPS) is 11.1. The second-order valence-corrected chi connectivity index (χ2v) is 3.67. The third-order valence-corrected chi connectivity index (χ3v) is 2.42. The van der Waals surface area contributed by atoms with Crippen LogP contribution in [0.4, 0.5) is 0 Å². The van der Waals surface area contributed by atoms with Gasteiger partial charge in [0.2, 0.25) is 0 Å². The summed E-state index contributed by atoms with van der Waals surface area (Å²) in [7, 11) is 1.70. The second kappa shape index (κ2) is 4.59. The van der Waals surface area contributed by atoms with Crippen molar-refractivity contribution in [1.29, 1.82) is 0 Å². The maximum Gasteiger partial charge on any atom is 0.129 e. The molecule has 0 spiro atoms. The van der Waals surface area contributed by atoms with Gasteiger partial charge in [0, 0.05) is 25.6 Å². The van der Waals surface area contributed by atoms with Gasteiger partial charge in [0.15, 0.2) is 0 Å². The smallest absolute Gasteiger partial charge is 0.129 e. The molecule has 0 saturated carbocycles. The molecule has 2 aromatic heterocycles. The van der Waals surface area contributed by atoms with E-state index in [-0.39, 0.29) is 0 Å². The maximum atomic E-state index is 5.79. The predicted molar refractivity (Wildman–Crippen MR) is 59.0 cm³/mol. The largest absolute Gasteiger partial charge is 0.385 e. The molecule has 0 amide bonds. The molecule has 0 bridgehead atoms. The number of methoxy groups -OCH3 is 1. The number of halogens is 1. The van der Waals surface area contributed by atoms with Crippen LogP contribution in [-0.2, 0) is 11.3 Å². The molecule has 2 rings (SSSR count). The average molecular weight is 226 g/mol. The van der Waals surface area contributed by atoms with Crippen LogP contribution in [-0.4, -0.2) is 28.5 Å². The fraction of sp³-hybridized carbons (Fsp3) is 0.400. The number of pyridine rings is 1. The molecule has 0 N–H and O–H groups in total. The number of hydrogen-bond donors (Lipinski definition) is 0. The summed E-state index contributed by atoms with van der Waals surface area (Å²) in [6.45, 7) is 1.57. The van der Waals surface area contributed by atoms with Crippen LogP contribution >= 0.6 is 11.6 Å². The minimum Gasteiger partial charge on any atom is -0.385 e. The third kappa shape index (κ3) is 2.27. The molecule has 2 aromatic rings. The van der Waals surface area contributed by atoms with E-state index in [4.69, 9.17) is 16.3 Å². The highest BCUT2D eigenvalue weighted by atomic mass is 35.5. The molecule has 0 aliphatic carbocycles. The number of hydrogen-bond acceptors (Lipinski definition) is 3.